The number of aryl methyl sites for hydroxylation is 2. The SMILES string of the molecule is COc1c(C)cc(C2CCN(C(=O)OC(C)(C)C)CC2)cc1C. The van der Waals surface area contributed by atoms with Crippen molar-refractivity contribution in [1.82, 2.24) is 4.90 Å². The number of methoxy groups -OCH3 is 1. The van der Waals surface area contributed by atoms with Crippen LogP contribution in [0.4, 0.5) is 4.79 Å². The Balaban J connectivity index is 2.01. The normalized spacial score (nSPS) is 16.3. The average Bonchev–Trinajstić information content (AvgIpc) is 2.45. The summed E-state index contributed by atoms with van der Waals surface area (Å²) in [6.07, 6.45) is 1.76. The number of hydrogen-bond acceptors (Lipinski definition) is 3. The monoisotopic (exact) mass is 319 g/mol. The van der Waals surface area contributed by atoms with Crippen molar-refractivity contribution < 1.29 is 14.3 Å². The molecule has 1 saturated heterocycles. The molecule has 0 aromatic heterocycles. The van der Waals surface area contributed by atoms with E-state index < -0.39 is 5.60 Å². The fourth-order valence-electron chi connectivity index (χ4n) is 3.26. The minimum atomic E-state index is -0.432. The topological polar surface area (TPSA) is 38.8 Å². The number of hydrogen-bond donors (Lipinski definition) is 0. The Hall–Kier alpha value is -1.71. The first-order chi connectivity index (χ1) is 10.7. The molecule has 128 valence electrons. The van der Waals surface area contributed by atoms with Gasteiger partial charge < -0.3 is 14.4 Å². The summed E-state index contributed by atoms with van der Waals surface area (Å²) >= 11 is 0. The zero-order chi connectivity index (χ0) is 17.2. The van der Waals surface area contributed by atoms with Crippen molar-refractivity contribution in [2.75, 3.05) is 20.2 Å². The number of benzene rings is 1. The molecule has 1 aliphatic rings. The second-order valence-corrected chi connectivity index (χ2v) is 7.43. The predicted octanol–water partition coefficient (Wildman–Crippen LogP) is 4.43. The molecule has 4 nitrogen and oxygen atoms in total. The molecule has 0 unspecified atom stereocenters. The van der Waals surface area contributed by atoms with E-state index in [1.165, 1.54) is 16.7 Å². The van der Waals surface area contributed by atoms with Crippen LogP contribution in [0.1, 0.15) is 56.2 Å². The van der Waals surface area contributed by atoms with E-state index in [9.17, 15) is 4.79 Å². The third-order valence-electron chi connectivity index (χ3n) is 4.30. The van der Waals surface area contributed by atoms with Gasteiger partial charge in [0.2, 0.25) is 0 Å². The fourth-order valence-corrected chi connectivity index (χ4v) is 3.26. The van der Waals surface area contributed by atoms with Crippen molar-refractivity contribution >= 4 is 6.09 Å². The summed E-state index contributed by atoms with van der Waals surface area (Å²) in [5.41, 5.74) is 3.27. The van der Waals surface area contributed by atoms with Crippen LogP contribution in [0.15, 0.2) is 12.1 Å². The molecule has 1 amide bonds. The van der Waals surface area contributed by atoms with Crippen molar-refractivity contribution in [3.05, 3.63) is 28.8 Å². The maximum atomic E-state index is 12.1. The van der Waals surface area contributed by atoms with Gasteiger partial charge in [-0.1, -0.05) is 12.1 Å². The van der Waals surface area contributed by atoms with Gasteiger partial charge in [0.25, 0.3) is 0 Å². The van der Waals surface area contributed by atoms with E-state index >= 15 is 0 Å². The number of piperidine rings is 1. The van der Waals surface area contributed by atoms with Crippen LogP contribution in [-0.2, 0) is 4.74 Å². The van der Waals surface area contributed by atoms with Crippen LogP contribution in [0.25, 0.3) is 0 Å². The Morgan fingerprint density at radius 2 is 1.65 bits per heavy atom. The first-order valence-corrected chi connectivity index (χ1v) is 8.34. The molecule has 0 saturated carbocycles. The standard InChI is InChI=1S/C19H29NO3/c1-13-11-16(12-14(2)17(13)22-6)15-7-9-20(10-8-15)18(21)23-19(3,4)5/h11-12,15H,7-10H2,1-6H3. The highest BCUT2D eigenvalue weighted by atomic mass is 16.6. The Kier molecular flexibility index (Phi) is 5.23. The lowest BCUT2D eigenvalue weighted by Gasteiger charge is -2.34. The van der Waals surface area contributed by atoms with Crippen LogP contribution in [0, 0.1) is 13.8 Å². The molecule has 0 atom stereocenters. The van der Waals surface area contributed by atoms with Crippen LogP contribution in [0.3, 0.4) is 0 Å². The smallest absolute Gasteiger partial charge is 0.410 e. The Morgan fingerprint density at radius 3 is 2.09 bits per heavy atom. The van der Waals surface area contributed by atoms with Gasteiger partial charge in [-0.25, -0.2) is 4.79 Å². The molecular formula is C19H29NO3. The molecule has 0 radical (unpaired) electrons. The van der Waals surface area contributed by atoms with Crippen LogP contribution in [0.2, 0.25) is 0 Å². The molecule has 2 rings (SSSR count). The second kappa shape index (κ2) is 6.81. The molecule has 0 spiro atoms. The Bertz CT molecular complexity index is 543. The van der Waals surface area contributed by atoms with E-state index in [-0.39, 0.29) is 6.09 Å². The molecule has 0 aliphatic carbocycles. The maximum Gasteiger partial charge on any atom is 0.410 e. The van der Waals surface area contributed by atoms with Crippen molar-refractivity contribution in [2.45, 2.75) is 59.0 Å². The van der Waals surface area contributed by atoms with Gasteiger partial charge in [-0.2, -0.15) is 0 Å². The number of ether oxygens (including phenoxy) is 2. The number of carbonyl (C=O) groups is 1. The number of rotatable bonds is 2. The van der Waals surface area contributed by atoms with E-state index in [0.717, 1.165) is 31.7 Å². The summed E-state index contributed by atoms with van der Waals surface area (Å²) in [6.45, 7) is 11.4. The van der Waals surface area contributed by atoms with Crippen LogP contribution in [-0.4, -0.2) is 36.8 Å². The third-order valence-corrected chi connectivity index (χ3v) is 4.30. The van der Waals surface area contributed by atoms with E-state index in [2.05, 4.69) is 26.0 Å². The van der Waals surface area contributed by atoms with Gasteiger partial charge >= 0.3 is 6.09 Å². The summed E-state index contributed by atoms with van der Waals surface area (Å²) < 4.78 is 10.9. The molecule has 0 N–H and O–H groups in total. The summed E-state index contributed by atoms with van der Waals surface area (Å²) in [7, 11) is 1.72. The fraction of sp³-hybridized carbons (Fsp3) is 0.632. The van der Waals surface area contributed by atoms with Crippen molar-refractivity contribution in [3.8, 4) is 5.75 Å². The molecule has 1 aromatic carbocycles. The third kappa shape index (κ3) is 4.40. The largest absolute Gasteiger partial charge is 0.496 e. The van der Waals surface area contributed by atoms with Gasteiger partial charge in [-0.3, -0.25) is 0 Å². The van der Waals surface area contributed by atoms with Gasteiger partial charge in [0, 0.05) is 13.1 Å². The van der Waals surface area contributed by atoms with Crippen LogP contribution in [0.5, 0.6) is 5.75 Å². The van der Waals surface area contributed by atoms with Crippen molar-refractivity contribution in [3.63, 3.8) is 0 Å². The zero-order valence-electron chi connectivity index (χ0n) is 15.2. The Labute approximate surface area is 139 Å². The molecule has 4 heteroatoms. The van der Waals surface area contributed by atoms with Crippen molar-refractivity contribution in [2.24, 2.45) is 0 Å². The number of nitrogens with zero attached hydrogens (tertiary/aromatic N) is 1. The lowest BCUT2D eigenvalue weighted by molar-refractivity contribution is 0.0205. The molecule has 23 heavy (non-hydrogen) atoms. The predicted molar refractivity (Wildman–Crippen MR) is 92.3 cm³/mol. The van der Waals surface area contributed by atoms with Crippen molar-refractivity contribution in [1.29, 1.82) is 0 Å². The zero-order valence-corrected chi connectivity index (χ0v) is 15.2. The van der Waals surface area contributed by atoms with E-state index in [1.54, 1.807) is 7.11 Å². The lowest BCUT2D eigenvalue weighted by Crippen LogP contribution is -2.41. The summed E-state index contributed by atoms with van der Waals surface area (Å²) in [6, 6.07) is 4.44. The van der Waals surface area contributed by atoms with Gasteiger partial charge in [0.1, 0.15) is 11.4 Å². The maximum absolute atomic E-state index is 12.1. The van der Waals surface area contributed by atoms with E-state index in [1.807, 2.05) is 25.7 Å². The highest BCUT2D eigenvalue weighted by Gasteiger charge is 2.27. The average molecular weight is 319 g/mol. The quantitative estimate of drug-likeness (QED) is 0.809. The molecule has 0 bridgehead atoms. The summed E-state index contributed by atoms with van der Waals surface area (Å²) in [5, 5.41) is 0. The van der Waals surface area contributed by atoms with Crippen LogP contribution < -0.4 is 4.74 Å². The number of likely N-dealkylation sites (tertiary alicyclic amines) is 1. The molecule has 1 heterocycles. The first-order valence-electron chi connectivity index (χ1n) is 8.34. The van der Waals surface area contributed by atoms with Gasteiger partial charge in [0.15, 0.2) is 0 Å². The van der Waals surface area contributed by atoms with E-state index in [4.69, 9.17) is 9.47 Å². The highest BCUT2D eigenvalue weighted by Crippen LogP contribution is 2.33. The highest BCUT2D eigenvalue weighted by molar-refractivity contribution is 5.68. The van der Waals surface area contributed by atoms with Gasteiger partial charge in [-0.05, 0) is 70.1 Å². The molecular weight excluding hydrogens is 290 g/mol. The second-order valence-electron chi connectivity index (χ2n) is 7.43. The lowest BCUT2D eigenvalue weighted by atomic mass is 9.87. The minimum Gasteiger partial charge on any atom is -0.496 e. The minimum absolute atomic E-state index is 0.196. The molecule has 1 fully saturated rings. The summed E-state index contributed by atoms with van der Waals surface area (Å²) in [5.74, 6) is 1.47. The van der Waals surface area contributed by atoms with Gasteiger partial charge in [-0.15, -0.1) is 0 Å². The van der Waals surface area contributed by atoms with Gasteiger partial charge in [0.05, 0.1) is 7.11 Å². The molecule has 1 aliphatic heterocycles. The van der Waals surface area contributed by atoms with Crippen LogP contribution >= 0.6 is 0 Å². The molecule has 1 aromatic rings. The number of amides is 1. The van der Waals surface area contributed by atoms with E-state index in [0.29, 0.717) is 5.92 Å². The summed E-state index contributed by atoms with van der Waals surface area (Å²) in [4.78, 5) is 14.0. The number of carbonyl (C=O) groups excluding carboxylic acids is 1. The Morgan fingerprint density at radius 1 is 1.13 bits per heavy atom. The first kappa shape index (κ1) is 17.6.